The number of amides is 1. The second-order valence-electron chi connectivity index (χ2n) is 8.40. The van der Waals surface area contributed by atoms with Crippen LogP contribution in [0, 0.1) is 35.2 Å². The predicted octanol–water partition coefficient (Wildman–Crippen LogP) is 2.69. The van der Waals surface area contributed by atoms with Crippen molar-refractivity contribution < 1.29 is 18.0 Å². The first-order valence-electron chi connectivity index (χ1n) is 10.5. The average Bonchev–Trinajstić information content (AvgIpc) is 3.24. The first-order chi connectivity index (χ1) is 15.8. The van der Waals surface area contributed by atoms with Gasteiger partial charge in [-0.05, 0) is 36.0 Å². The van der Waals surface area contributed by atoms with E-state index >= 15 is 0 Å². The van der Waals surface area contributed by atoms with Gasteiger partial charge in [0.2, 0.25) is 5.95 Å². The largest absolute Gasteiger partial charge is 0.355 e. The van der Waals surface area contributed by atoms with E-state index < -0.39 is 23.4 Å². The van der Waals surface area contributed by atoms with Crippen molar-refractivity contribution in [3.05, 3.63) is 76.1 Å². The Morgan fingerprint density at radius 3 is 2.64 bits per heavy atom. The summed E-state index contributed by atoms with van der Waals surface area (Å²) in [6.45, 7) is 1.44. The summed E-state index contributed by atoms with van der Waals surface area (Å²) in [5, 5.41) is 3.17. The fraction of sp³-hybridized carbons (Fsp3) is 0.304. The summed E-state index contributed by atoms with van der Waals surface area (Å²) < 4.78 is 42.8. The number of likely N-dealkylation sites (tertiary alicyclic amines) is 1. The van der Waals surface area contributed by atoms with Gasteiger partial charge >= 0.3 is 0 Å². The Morgan fingerprint density at radius 1 is 1.15 bits per heavy atom. The molecule has 2 aliphatic rings. The van der Waals surface area contributed by atoms with E-state index in [2.05, 4.69) is 15.3 Å². The highest BCUT2D eigenvalue weighted by molar-refractivity contribution is 5.94. The molecule has 0 radical (unpaired) electrons. The number of hydrogen-bond donors (Lipinski definition) is 1. The summed E-state index contributed by atoms with van der Waals surface area (Å²) in [4.78, 5) is 34.6. The van der Waals surface area contributed by atoms with Crippen molar-refractivity contribution in [2.45, 2.75) is 0 Å². The van der Waals surface area contributed by atoms with Crippen LogP contribution in [0.2, 0.25) is 0 Å². The minimum atomic E-state index is -1.13. The molecule has 0 spiro atoms. The number of hydrogen-bond acceptors (Lipinski definition) is 5. The zero-order valence-electron chi connectivity index (χ0n) is 17.6. The Bertz CT molecular complexity index is 1300. The fourth-order valence-electron chi connectivity index (χ4n) is 4.59. The van der Waals surface area contributed by atoms with Gasteiger partial charge in [0.1, 0.15) is 0 Å². The Hall–Kier alpha value is -3.69. The second-order valence-corrected chi connectivity index (χ2v) is 8.40. The monoisotopic (exact) mass is 455 g/mol. The molecule has 1 aliphatic carbocycles. The number of nitrogens with zero attached hydrogens (tertiary/aromatic N) is 4. The molecule has 1 saturated carbocycles. The molecule has 3 heterocycles. The van der Waals surface area contributed by atoms with Gasteiger partial charge in [0, 0.05) is 44.5 Å². The molecule has 10 heteroatoms. The van der Waals surface area contributed by atoms with Gasteiger partial charge < -0.3 is 10.2 Å². The van der Waals surface area contributed by atoms with Gasteiger partial charge in [0.15, 0.2) is 17.5 Å². The SMILES string of the molecule is Cn1c(NCC2C3CN(C(=O)c4cccc(F)c4F)CC23)nc(-c2ccncc2F)cc1=O. The molecule has 1 aliphatic heterocycles. The molecule has 0 bridgehead atoms. The van der Waals surface area contributed by atoms with Crippen LogP contribution < -0.4 is 10.9 Å². The molecule has 170 valence electrons. The van der Waals surface area contributed by atoms with Gasteiger partial charge in [0.05, 0.1) is 17.5 Å². The van der Waals surface area contributed by atoms with Crippen molar-refractivity contribution in [3.63, 3.8) is 0 Å². The van der Waals surface area contributed by atoms with Gasteiger partial charge in [-0.2, -0.15) is 0 Å². The molecule has 3 aromatic rings. The number of aromatic nitrogens is 3. The maximum Gasteiger partial charge on any atom is 0.256 e. The summed E-state index contributed by atoms with van der Waals surface area (Å²) in [5.74, 6) is -2.22. The zero-order chi connectivity index (χ0) is 23.3. The molecular weight excluding hydrogens is 435 g/mol. The number of halogens is 3. The number of carbonyl (C=O) groups is 1. The smallest absolute Gasteiger partial charge is 0.256 e. The Morgan fingerprint density at radius 2 is 1.91 bits per heavy atom. The van der Waals surface area contributed by atoms with E-state index in [4.69, 9.17) is 0 Å². The quantitative estimate of drug-likeness (QED) is 0.640. The van der Waals surface area contributed by atoms with E-state index in [1.165, 1.54) is 35.0 Å². The van der Waals surface area contributed by atoms with E-state index in [1.807, 2.05) is 0 Å². The minimum Gasteiger partial charge on any atom is -0.355 e. The number of fused-ring (bicyclic) bond motifs is 1. The topological polar surface area (TPSA) is 80.1 Å². The molecule has 1 saturated heterocycles. The number of rotatable bonds is 5. The van der Waals surface area contributed by atoms with E-state index in [-0.39, 0.29) is 40.1 Å². The van der Waals surface area contributed by atoms with Crippen molar-refractivity contribution >= 4 is 11.9 Å². The number of anilines is 1. The molecule has 2 unspecified atom stereocenters. The van der Waals surface area contributed by atoms with Crippen molar-refractivity contribution in [1.29, 1.82) is 0 Å². The van der Waals surface area contributed by atoms with Gasteiger partial charge in [-0.3, -0.25) is 19.1 Å². The first kappa shape index (κ1) is 21.2. The lowest BCUT2D eigenvalue weighted by Crippen LogP contribution is -2.33. The number of carbonyl (C=O) groups excluding carboxylic acids is 1. The highest BCUT2D eigenvalue weighted by atomic mass is 19.2. The second kappa shape index (κ2) is 8.02. The number of pyridine rings is 1. The summed E-state index contributed by atoms with van der Waals surface area (Å²) >= 11 is 0. The minimum absolute atomic E-state index is 0.188. The predicted molar refractivity (Wildman–Crippen MR) is 114 cm³/mol. The summed E-state index contributed by atoms with van der Waals surface area (Å²) in [7, 11) is 1.58. The van der Waals surface area contributed by atoms with Crippen molar-refractivity contribution in [2.24, 2.45) is 24.8 Å². The molecule has 2 fully saturated rings. The normalized spacial score (nSPS) is 21.1. The summed E-state index contributed by atoms with van der Waals surface area (Å²) in [6, 6.07) is 6.31. The molecule has 2 atom stereocenters. The zero-order valence-corrected chi connectivity index (χ0v) is 17.6. The van der Waals surface area contributed by atoms with E-state index in [0.29, 0.717) is 25.6 Å². The van der Waals surface area contributed by atoms with Crippen molar-refractivity contribution in [3.8, 4) is 11.3 Å². The average molecular weight is 455 g/mol. The highest BCUT2D eigenvalue weighted by Crippen LogP contribution is 2.51. The van der Waals surface area contributed by atoms with Gasteiger partial charge in [0.25, 0.3) is 11.5 Å². The summed E-state index contributed by atoms with van der Waals surface area (Å²) in [5.41, 5.74) is -0.188. The van der Waals surface area contributed by atoms with Gasteiger partial charge in [-0.15, -0.1) is 0 Å². The van der Waals surface area contributed by atoms with Crippen molar-refractivity contribution in [1.82, 2.24) is 19.4 Å². The van der Waals surface area contributed by atoms with Crippen molar-refractivity contribution in [2.75, 3.05) is 25.0 Å². The maximum atomic E-state index is 14.1. The standard InChI is InChI=1S/C23H20F3N5O2/c1-30-20(32)7-19(12-5-6-27-9-18(12)25)29-23(30)28-8-14-15-10-31(11-16(14)15)22(33)13-3-2-4-17(24)21(13)26/h2-7,9,14-16H,8,10-11H2,1H3,(H,28,29). The molecule has 7 nitrogen and oxygen atoms in total. The van der Waals surface area contributed by atoms with Crippen LogP contribution in [0.1, 0.15) is 10.4 Å². The van der Waals surface area contributed by atoms with E-state index in [9.17, 15) is 22.8 Å². The molecule has 1 N–H and O–H groups in total. The number of benzene rings is 1. The highest BCUT2D eigenvalue weighted by Gasteiger charge is 2.56. The Balaban J connectivity index is 1.24. The van der Waals surface area contributed by atoms with Crippen LogP contribution in [0.25, 0.3) is 11.3 Å². The van der Waals surface area contributed by atoms with Crippen LogP contribution in [-0.2, 0) is 7.05 Å². The Kier molecular flexibility index (Phi) is 5.15. The van der Waals surface area contributed by atoms with Gasteiger partial charge in [-0.25, -0.2) is 18.2 Å². The Labute approximate surface area is 186 Å². The molecule has 33 heavy (non-hydrogen) atoms. The molecule has 5 rings (SSSR count). The van der Waals surface area contributed by atoms with Crippen LogP contribution in [0.3, 0.4) is 0 Å². The van der Waals surface area contributed by atoms with Crippen LogP contribution >= 0.6 is 0 Å². The summed E-state index contributed by atoms with van der Waals surface area (Å²) in [6.07, 6.45) is 2.49. The number of nitrogens with one attached hydrogen (secondary N) is 1. The lowest BCUT2D eigenvalue weighted by atomic mass is 10.1. The van der Waals surface area contributed by atoms with Crippen LogP contribution in [0.15, 0.2) is 47.5 Å². The molecular formula is C23H20F3N5O2. The van der Waals surface area contributed by atoms with Crippen LogP contribution in [0.5, 0.6) is 0 Å². The lowest BCUT2D eigenvalue weighted by molar-refractivity contribution is 0.0763. The number of piperidine rings is 1. The molecule has 1 amide bonds. The lowest BCUT2D eigenvalue weighted by Gasteiger charge is -2.20. The van der Waals surface area contributed by atoms with Crippen LogP contribution in [0.4, 0.5) is 19.1 Å². The maximum absolute atomic E-state index is 14.1. The van der Waals surface area contributed by atoms with E-state index in [1.54, 1.807) is 11.9 Å². The van der Waals surface area contributed by atoms with E-state index in [0.717, 1.165) is 12.3 Å². The van der Waals surface area contributed by atoms with Crippen LogP contribution in [-0.4, -0.2) is 45.0 Å². The third kappa shape index (κ3) is 3.75. The third-order valence-corrected chi connectivity index (χ3v) is 6.52. The van der Waals surface area contributed by atoms with Gasteiger partial charge in [-0.1, -0.05) is 6.07 Å². The molecule has 1 aromatic carbocycles. The molecule has 2 aromatic heterocycles. The third-order valence-electron chi connectivity index (χ3n) is 6.52. The fourth-order valence-corrected chi connectivity index (χ4v) is 4.59. The first-order valence-corrected chi connectivity index (χ1v) is 10.5.